The van der Waals surface area contributed by atoms with Crippen LogP contribution in [0.1, 0.15) is 31.4 Å². The quantitative estimate of drug-likeness (QED) is 0.757. The molecule has 0 radical (unpaired) electrons. The maximum atomic E-state index is 5.88. The summed E-state index contributed by atoms with van der Waals surface area (Å²) < 4.78 is 5.88. The summed E-state index contributed by atoms with van der Waals surface area (Å²) in [6, 6.07) is 9.14. The van der Waals surface area contributed by atoms with E-state index in [1.165, 1.54) is 24.1 Å². The van der Waals surface area contributed by atoms with Crippen LogP contribution in [0.25, 0.3) is 0 Å². The highest BCUT2D eigenvalue weighted by molar-refractivity contribution is 5.55. The molecule has 0 aromatic heterocycles. The molecule has 0 spiro atoms. The lowest BCUT2D eigenvalue weighted by molar-refractivity contribution is 0.0826. The molecule has 0 unspecified atom stereocenters. The van der Waals surface area contributed by atoms with Crippen molar-refractivity contribution in [3.63, 3.8) is 0 Å². The van der Waals surface area contributed by atoms with Gasteiger partial charge in [0.1, 0.15) is 0 Å². The van der Waals surface area contributed by atoms with Crippen molar-refractivity contribution in [2.45, 2.75) is 31.9 Å². The topological polar surface area (TPSA) is 21.3 Å². The molecule has 2 aliphatic heterocycles. The minimum Gasteiger partial charge on any atom is -0.382 e. The molecule has 3 rings (SSSR count). The Morgan fingerprint density at radius 2 is 2.27 bits per heavy atom. The zero-order valence-corrected chi connectivity index (χ0v) is 9.07. The van der Waals surface area contributed by atoms with Crippen LogP contribution in [-0.2, 0) is 4.74 Å². The van der Waals surface area contributed by atoms with Gasteiger partial charge in [0, 0.05) is 29.8 Å². The Morgan fingerprint density at radius 1 is 1.40 bits per heavy atom. The number of fused-ring (bicyclic) bond motifs is 3. The number of para-hydroxylation sites is 1. The highest BCUT2D eigenvalue weighted by Crippen LogP contribution is 2.44. The van der Waals surface area contributed by atoms with Crippen molar-refractivity contribution in [3.05, 3.63) is 29.8 Å². The third kappa shape index (κ3) is 1.36. The first-order chi connectivity index (χ1) is 7.40. The predicted molar refractivity (Wildman–Crippen MR) is 60.9 cm³/mol. The molecule has 80 valence electrons. The molecule has 0 aliphatic carbocycles. The van der Waals surface area contributed by atoms with Gasteiger partial charge in [0.2, 0.25) is 0 Å². The van der Waals surface area contributed by atoms with E-state index in [0.29, 0.717) is 18.1 Å². The van der Waals surface area contributed by atoms with Crippen molar-refractivity contribution in [1.82, 2.24) is 0 Å². The Hall–Kier alpha value is -1.02. The first-order valence-electron chi connectivity index (χ1n) is 5.87. The maximum absolute atomic E-state index is 5.88. The number of rotatable bonds is 1. The summed E-state index contributed by atoms with van der Waals surface area (Å²) in [6.45, 7) is 3.17. The molecule has 0 saturated carbocycles. The van der Waals surface area contributed by atoms with Gasteiger partial charge in [-0.15, -0.1) is 0 Å². The minimum absolute atomic E-state index is 0.340. The van der Waals surface area contributed by atoms with Crippen LogP contribution in [0.4, 0.5) is 5.69 Å². The smallest absolute Gasteiger partial charge is 0.0893 e. The second kappa shape index (κ2) is 3.53. The van der Waals surface area contributed by atoms with Crippen molar-refractivity contribution in [1.29, 1.82) is 0 Å². The highest BCUT2D eigenvalue weighted by Gasteiger charge is 2.39. The van der Waals surface area contributed by atoms with Crippen molar-refractivity contribution in [3.8, 4) is 0 Å². The second-order valence-electron chi connectivity index (χ2n) is 4.49. The van der Waals surface area contributed by atoms with Crippen molar-refractivity contribution in [2.24, 2.45) is 5.92 Å². The number of hydrogen-bond acceptors (Lipinski definition) is 2. The summed E-state index contributed by atoms with van der Waals surface area (Å²) in [5, 5.41) is 3.64. The fraction of sp³-hybridized carbons (Fsp3) is 0.538. The number of benzene rings is 1. The fourth-order valence-corrected chi connectivity index (χ4v) is 2.93. The van der Waals surface area contributed by atoms with E-state index in [9.17, 15) is 0 Å². The standard InChI is InChI=1S/C13H17NO/c1-2-11-10-7-8-15-13(10)9-5-3-4-6-12(9)14-11/h3-6,10-11,13-14H,2,7-8H2,1H3/t10-,11+,13+/m1/s1. The van der Waals surface area contributed by atoms with E-state index < -0.39 is 0 Å². The van der Waals surface area contributed by atoms with Crippen LogP contribution in [0.5, 0.6) is 0 Å². The zero-order valence-electron chi connectivity index (χ0n) is 9.07. The molecule has 2 aliphatic rings. The summed E-state index contributed by atoms with van der Waals surface area (Å²) in [4.78, 5) is 0. The average molecular weight is 203 g/mol. The summed E-state index contributed by atoms with van der Waals surface area (Å²) in [5.74, 6) is 0.671. The van der Waals surface area contributed by atoms with Gasteiger partial charge in [-0.05, 0) is 18.9 Å². The van der Waals surface area contributed by atoms with E-state index in [1.807, 2.05) is 0 Å². The fourth-order valence-electron chi connectivity index (χ4n) is 2.93. The molecule has 2 nitrogen and oxygen atoms in total. The van der Waals surface area contributed by atoms with Crippen molar-refractivity contribution < 1.29 is 4.74 Å². The minimum atomic E-state index is 0.340. The van der Waals surface area contributed by atoms with Gasteiger partial charge in [0.15, 0.2) is 0 Å². The van der Waals surface area contributed by atoms with Gasteiger partial charge < -0.3 is 10.1 Å². The Balaban J connectivity index is 2.03. The SMILES string of the molecule is CC[C@@H]1Nc2ccccc2[C@@H]2OCC[C@H]12. The van der Waals surface area contributed by atoms with E-state index in [2.05, 4.69) is 36.5 Å². The molecule has 2 heteroatoms. The maximum Gasteiger partial charge on any atom is 0.0893 e. The van der Waals surface area contributed by atoms with Crippen molar-refractivity contribution in [2.75, 3.05) is 11.9 Å². The average Bonchev–Trinajstić information content (AvgIpc) is 2.77. The van der Waals surface area contributed by atoms with E-state index in [4.69, 9.17) is 4.74 Å². The van der Waals surface area contributed by atoms with Gasteiger partial charge in [0.05, 0.1) is 6.10 Å². The van der Waals surface area contributed by atoms with Gasteiger partial charge in [-0.1, -0.05) is 25.1 Å². The Morgan fingerprint density at radius 3 is 3.13 bits per heavy atom. The lowest BCUT2D eigenvalue weighted by atomic mass is 9.83. The Labute approximate surface area is 90.6 Å². The summed E-state index contributed by atoms with van der Waals surface area (Å²) in [6.07, 6.45) is 2.72. The molecular formula is C13H17NO. The monoisotopic (exact) mass is 203 g/mol. The largest absolute Gasteiger partial charge is 0.382 e. The van der Waals surface area contributed by atoms with E-state index in [1.54, 1.807) is 0 Å². The first-order valence-corrected chi connectivity index (χ1v) is 5.87. The third-order valence-corrected chi connectivity index (χ3v) is 3.70. The summed E-state index contributed by atoms with van der Waals surface area (Å²) in [7, 11) is 0. The Bertz CT molecular complexity index is 363. The van der Waals surface area contributed by atoms with Gasteiger partial charge in [-0.2, -0.15) is 0 Å². The normalized spacial score (nSPS) is 33.0. The van der Waals surface area contributed by atoms with Crippen LogP contribution in [0, 0.1) is 5.92 Å². The number of hydrogen-bond donors (Lipinski definition) is 1. The van der Waals surface area contributed by atoms with Crippen LogP contribution in [-0.4, -0.2) is 12.6 Å². The van der Waals surface area contributed by atoms with Crippen LogP contribution in [0.15, 0.2) is 24.3 Å². The van der Waals surface area contributed by atoms with E-state index in [0.717, 1.165) is 6.61 Å². The third-order valence-electron chi connectivity index (χ3n) is 3.70. The van der Waals surface area contributed by atoms with Crippen LogP contribution in [0.3, 0.4) is 0 Å². The van der Waals surface area contributed by atoms with Gasteiger partial charge in [-0.3, -0.25) is 0 Å². The molecular weight excluding hydrogens is 186 g/mol. The van der Waals surface area contributed by atoms with Gasteiger partial charge in [0.25, 0.3) is 0 Å². The molecule has 1 fully saturated rings. The summed E-state index contributed by atoms with van der Waals surface area (Å²) >= 11 is 0. The second-order valence-corrected chi connectivity index (χ2v) is 4.49. The molecule has 1 aromatic rings. The molecule has 1 N–H and O–H groups in total. The van der Waals surface area contributed by atoms with Crippen LogP contribution in [0.2, 0.25) is 0 Å². The molecule has 15 heavy (non-hydrogen) atoms. The molecule has 1 saturated heterocycles. The van der Waals surface area contributed by atoms with Gasteiger partial charge in [-0.25, -0.2) is 0 Å². The molecule has 3 atom stereocenters. The van der Waals surface area contributed by atoms with Gasteiger partial charge >= 0.3 is 0 Å². The van der Waals surface area contributed by atoms with Crippen LogP contribution >= 0.6 is 0 Å². The Kier molecular flexibility index (Phi) is 2.17. The summed E-state index contributed by atoms with van der Waals surface area (Å²) in [5.41, 5.74) is 2.62. The van der Waals surface area contributed by atoms with Crippen LogP contribution < -0.4 is 5.32 Å². The number of anilines is 1. The van der Waals surface area contributed by atoms with E-state index >= 15 is 0 Å². The molecule has 1 aromatic carbocycles. The lowest BCUT2D eigenvalue weighted by Crippen LogP contribution is -2.35. The van der Waals surface area contributed by atoms with Crippen molar-refractivity contribution >= 4 is 5.69 Å². The number of ether oxygens (including phenoxy) is 1. The number of nitrogens with one attached hydrogen (secondary N) is 1. The van der Waals surface area contributed by atoms with E-state index in [-0.39, 0.29) is 0 Å². The zero-order chi connectivity index (χ0) is 10.3. The predicted octanol–water partition coefficient (Wildman–Crippen LogP) is 2.97. The molecule has 0 bridgehead atoms. The first kappa shape index (κ1) is 9.22. The molecule has 0 amide bonds. The molecule has 2 heterocycles. The lowest BCUT2D eigenvalue weighted by Gasteiger charge is -2.35. The highest BCUT2D eigenvalue weighted by atomic mass is 16.5.